The minimum Gasteiger partial charge on any atom is -0.484 e. The van der Waals surface area contributed by atoms with Crippen LogP contribution in [0.4, 0.5) is 4.39 Å². The number of ether oxygens (including phenoxy) is 2. The molecule has 1 saturated heterocycles. The van der Waals surface area contributed by atoms with E-state index in [1.165, 1.54) is 6.07 Å². The van der Waals surface area contributed by atoms with Crippen LogP contribution in [0.3, 0.4) is 0 Å². The first kappa shape index (κ1) is 24.4. The summed E-state index contributed by atoms with van der Waals surface area (Å²) in [7, 11) is 0. The molecule has 0 aliphatic carbocycles. The molecule has 0 bridgehead atoms. The average molecular weight is 491 g/mol. The summed E-state index contributed by atoms with van der Waals surface area (Å²) in [5.74, 6) is 0.434. The number of pyridine rings is 1. The van der Waals surface area contributed by atoms with E-state index in [-0.39, 0.29) is 11.7 Å². The molecule has 2 aromatic carbocycles. The zero-order chi connectivity index (χ0) is 24.7. The van der Waals surface area contributed by atoms with Gasteiger partial charge in [0.2, 0.25) is 5.91 Å². The number of benzene rings is 2. The van der Waals surface area contributed by atoms with Gasteiger partial charge in [-0.3, -0.25) is 19.6 Å². The zero-order valence-electron chi connectivity index (χ0n) is 20.2. The number of nitrogens with one attached hydrogen (secondary N) is 1. The summed E-state index contributed by atoms with van der Waals surface area (Å²) in [6, 6.07) is 18.0. The molecule has 1 N–H and O–H groups in total. The first-order valence-corrected chi connectivity index (χ1v) is 12.4. The Morgan fingerprint density at radius 2 is 1.89 bits per heavy atom. The summed E-state index contributed by atoms with van der Waals surface area (Å²) in [5.41, 5.74) is 2.45. The number of nitrogens with zero attached hydrogens (tertiary/aromatic N) is 3. The molecule has 2 aliphatic rings. The van der Waals surface area contributed by atoms with E-state index in [0.29, 0.717) is 58.0 Å². The zero-order valence-corrected chi connectivity index (χ0v) is 20.2. The summed E-state index contributed by atoms with van der Waals surface area (Å²) in [5, 5.41) is 3.13. The Labute approximate surface area is 210 Å². The van der Waals surface area contributed by atoms with Crippen molar-refractivity contribution in [3.05, 3.63) is 95.6 Å². The number of morpholine rings is 1. The van der Waals surface area contributed by atoms with Crippen molar-refractivity contribution in [3.63, 3.8) is 0 Å². The van der Waals surface area contributed by atoms with E-state index in [0.717, 1.165) is 16.9 Å². The normalized spacial score (nSPS) is 19.5. The molecule has 5 rings (SSSR count). The summed E-state index contributed by atoms with van der Waals surface area (Å²) in [6.45, 7) is 4.84. The first-order chi connectivity index (χ1) is 17.7. The van der Waals surface area contributed by atoms with Crippen LogP contribution in [0.2, 0.25) is 0 Å². The Hall–Kier alpha value is -3.33. The highest BCUT2D eigenvalue weighted by Gasteiger charge is 2.30. The van der Waals surface area contributed by atoms with E-state index in [1.807, 2.05) is 42.5 Å². The quantitative estimate of drug-likeness (QED) is 0.548. The summed E-state index contributed by atoms with van der Waals surface area (Å²) >= 11 is 0. The second-order valence-corrected chi connectivity index (χ2v) is 9.10. The monoisotopic (exact) mass is 490 g/mol. The van der Waals surface area contributed by atoms with E-state index >= 15 is 0 Å². The molecule has 2 aliphatic heterocycles. The van der Waals surface area contributed by atoms with Crippen LogP contribution < -0.4 is 10.1 Å². The molecule has 0 radical (unpaired) electrons. The van der Waals surface area contributed by atoms with Gasteiger partial charge in [-0.1, -0.05) is 42.5 Å². The molecule has 1 amide bonds. The van der Waals surface area contributed by atoms with Crippen LogP contribution in [0.5, 0.6) is 5.75 Å². The van der Waals surface area contributed by atoms with Crippen molar-refractivity contribution in [1.29, 1.82) is 0 Å². The average Bonchev–Trinajstić information content (AvgIpc) is 3.09. The van der Waals surface area contributed by atoms with Gasteiger partial charge in [0, 0.05) is 62.8 Å². The standard InChI is InChI=1S/C28H31FN4O3/c29-24-9-3-2-8-23(24)26-20-32(19-22-6-1-4-10-25(22)36-26)13-12-31-28(34)27(21-7-5-11-30-18-21)33-14-16-35-17-15-33/h1-11,18,26-27H,12-17,19-20H2,(H,31,34)/t26-,27-/m1/s1. The fraction of sp³-hybridized carbons (Fsp3) is 0.357. The van der Waals surface area contributed by atoms with Gasteiger partial charge in [0.15, 0.2) is 0 Å². The fourth-order valence-corrected chi connectivity index (χ4v) is 4.88. The van der Waals surface area contributed by atoms with Gasteiger partial charge < -0.3 is 14.8 Å². The molecule has 1 aromatic heterocycles. The van der Waals surface area contributed by atoms with Crippen molar-refractivity contribution < 1.29 is 18.7 Å². The van der Waals surface area contributed by atoms with Crippen LogP contribution in [0.1, 0.15) is 28.8 Å². The molecule has 3 heterocycles. The lowest BCUT2D eigenvalue weighted by Gasteiger charge is -2.33. The van der Waals surface area contributed by atoms with Gasteiger partial charge in [0.1, 0.15) is 23.7 Å². The maximum absolute atomic E-state index is 14.6. The van der Waals surface area contributed by atoms with Crippen molar-refractivity contribution >= 4 is 5.91 Å². The number of hydrogen-bond donors (Lipinski definition) is 1. The smallest absolute Gasteiger partial charge is 0.242 e. The third-order valence-corrected chi connectivity index (χ3v) is 6.70. The number of amides is 1. The number of halogens is 1. The maximum atomic E-state index is 14.6. The molecule has 0 spiro atoms. The van der Waals surface area contributed by atoms with E-state index in [4.69, 9.17) is 9.47 Å². The van der Waals surface area contributed by atoms with Crippen molar-refractivity contribution in [2.24, 2.45) is 0 Å². The molecule has 0 unspecified atom stereocenters. The van der Waals surface area contributed by atoms with Gasteiger partial charge >= 0.3 is 0 Å². The third kappa shape index (κ3) is 5.73. The number of rotatable bonds is 7. The summed E-state index contributed by atoms with van der Waals surface area (Å²) < 4.78 is 26.4. The number of para-hydroxylation sites is 1. The number of fused-ring (bicyclic) bond motifs is 1. The predicted molar refractivity (Wildman–Crippen MR) is 134 cm³/mol. The van der Waals surface area contributed by atoms with Gasteiger partial charge in [-0.25, -0.2) is 4.39 Å². The van der Waals surface area contributed by atoms with Crippen LogP contribution >= 0.6 is 0 Å². The molecule has 36 heavy (non-hydrogen) atoms. The molecular weight excluding hydrogens is 459 g/mol. The summed E-state index contributed by atoms with van der Waals surface area (Å²) in [6.07, 6.45) is 3.02. The molecule has 8 heteroatoms. The van der Waals surface area contributed by atoms with Gasteiger partial charge in [-0.15, -0.1) is 0 Å². The predicted octanol–water partition coefficient (Wildman–Crippen LogP) is 3.35. The minimum absolute atomic E-state index is 0.0537. The Morgan fingerprint density at radius 3 is 2.69 bits per heavy atom. The highest BCUT2D eigenvalue weighted by Crippen LogP contribution is 2.32. The van der Waals surface area contributed by atoms with E-state index in [1.54, 1.807) is 24.5 Å². The van der Waals surface area contributed by atoms with Crippen LogP contribution in [-0.4, -0.2) is 66.6 Å². The molecule has 188 valence electrons. The van der Waals surface area contributed by atoms with Crippen LogP contribution in [0.25, 0.3) is 0 Å². The Morgan fingerprint density at radius 1 is 1.08 bits per heavy atom. The fourth-order valence-electron chi connectivity index (χ4n) is 4.88. The lowest BCUT2D eigenvalue weighted by atomic mass is 10.1. The van der Waals surface area contributed by atoms with Gasteiger partial charge in [0.05, 0.1) is 13.2 Å². The van der Waals surface area contributed by atoms with E-state index in [2.05, 4.69) is 20.1 Å². The number of aromatic nitrogens is 1. The van der Waals surface area contributed by atoms with Gasteiger partial charge in [0.25, 0.3) is 0 Å². The van der Waals surface area contributed by atoms with Crippen LogP contribution in [0.15, 0.2) is 73.1 Å². The van der Waals surface area contributed by atoms with Crippen molar-refractivity contribution in [2.75, 3.05) is 45.9 Å². The molecule has 2 atom stereocenters. The minimum atomic E-state index is -0.443. The second-order valence-electron chi connectivity index (χ2n) is 9.10. The topological polar surface area (TPSA) is 66.9 Å². The Bertz CT molecular complexity index is 1160. The van der Waals surface area contributed by atoms with Gasteiger partial charge in [-0.2, -0.15) is 0 Å². The molecule has 0 saturated carbocycles. The van der Waals surface area contributed by atoms with E-state index in [9.17, 15) is 9.18 Å². The summed E-state index contributed by atoms with van der Waals surface area (Å²) in [4.78, 5) is 21.9. The first-order valence-electron chi connectivity index (χ1n) is 12.4. The number of carbonyl (C=O) groups excluding carboxylic acids is 1. The lowest BCUT2D eigenvalue weighted by molar-refractivity contribution is -0.128. The molecule has 1 fully saturated rings. The lowest BCUT2D eigenvalue weighted by Crippen LogP contribution is -2.47. The Balaban J connectivity index is 1.28. The second kappa shape index (κ2) is 11.6. The largest absolute Gasteiger partial charge is 0.484 e. The molecular formula is C28H31FN4O3. The van der Waals surface area contributed by atoms with E-state index < -0.39 is 12.1 Å². The highest BCUT2D eigenvalue weighted by atomic mass is 19.1. The highest BCUT2D eigenvalue weighted by molar-refractivity contribution is 5.83. The van der Waals surface area contributed by atoms with Crippen molar-refractivity contribution in [2.45, 2.75) is 18.7 Å². The van der Waals surface area contributed by atoms with Gasteiger partial charge in [-0.05, 0) is 23.8 Å². The SMILES string of the molecule is O=C(NCCN1Cc2ccccc2O[C@@H](c2ccccc2F)C1)[C@@H](c1cccnc1)N1CCOCC1. The Kier molecular flexibility index (Phi) is 7.85. The number of carbonyl (C=O) groups is 1. The maximum Gasteiger partial charge on any atom is 0.242 e. The van der Waals surface area contributed by atoms with Crippen molar-refractivity contribution in [3.8, 4) is 5.75 Å². The molecule has 7 nitrogen and oxygen atoms in total. The van der Waals surface area contributed by atoms with Crippen molar-refractivity contribution in [1.82, 2.24) is 20.1 Å². The van der Waals surface area contributed by atoms with Crippen LogP contribution in [0, 0.1) is 5.82 Å². The number of hydrogen-bond acceptors (Lipinski definition) is 6. The third-order valence-electron chi connectivity index (χ3n) is 6.70. The van der Waals surface area contributed by atoms with Crippen LogP contribution in [-0.2, 0) is 16.1 Å². The molecule has 3 aromatic rings.